The van der Waals surface area contributed by atoms with E-state index in [0.717, 1.165) is 12.1 Å². The molecule has 1 saturated carbocycles. The molecule has 1 aromatic rings. The van der Waals surface area contributed by atoms with E-state index in [1.807, 2.05) is 12.1 Å². The Morgan fingerprint density at radius 3 is 2.37 bits per heavy atom. The molecule has 0 amide bonds. The molecule has 0 unspecified atom stereocenters. The monoisotopic (exact) mass is 263 g/mol. The van der Waals surface area contributed by atoms with Gasteiger partial charge in [0.25, 0.3) is 0 Å². The minimum absolute atomic E-state index is 0.423. The van der Waals surface area contributed by atoms with Crippen LogP contribution >= 0.6 is 0 Å². The van der Waals surface area contributed by atoms with Gasteiger partial charge < -0.3 is 19.5 Å². The summed E-state index contributed by atoms with van der Waals surface area (Å²) < 4.78 is 16.4. The molecule has 1 aromatic carbocycles. The van der Waals surface area contributed by atoms with Gasteiger partial charge in [-0.15, -0.1) is 0 Å². The summed E-state index contributed by atoms with van der Waals surface area (Å²) in [6.07, 6.45) is 4.24. The van der Waals surface area contributed by atoms with E-state index < -0.39 is 0 Å². The fourth-order valence-corrected chi connectivity index (χ4v) is 1.87. The first-order valence-electron chi connectivity index (χ1n) is 6.50. The number of nitrogens with one attached hydrogen (secondary N) is 1. The number of methoxy groups -OCH3 is 2. The molecule has 0 spiro atoms. The van der Waals surface area contributed by atoms with Crippen LogP contribution in [0, 0.1) is 0 Å². The fourth-order valence-electron chi connectivity index (χ4n) is 1.87. The number of hydrogen-bond acceptors (Lipinski definition) is 4. The molecule has 0 atom stereocenters. The summed E-state index contributed by atoms with van der Waals surface area (Å²) in [5.41, 5.74) is 1.13. The summed E-state index contributed by atoms with van der Waals surface area (Å²) in [5, 5.41) is 3.47. The first-order valence-corrected chi connectivity index (χ1v) is 6.50. The van der Waals surface area contributed by atoms with E-state index in [2.05, 4.69) is 11.9 Å². The second-order valence-corrected chi connectivity index (χ2v) is 4.58. The molecule has 0 radical (unpaired) electrons. The Kier molecular flexibility index (Phi) is 4.68. The zero-order chi connectivity index (χ0) is 13.7. The predicted octanol–water partition coefficient (Wildman–Crippen LogP) is 2.52. The Bertz CT molecular complexity index is 416. The molecule has 1 aliphatic rings. The van der Waals surface area contributed by atoms with Gasteiger partial charge in [-0.3, -0.25) is 0 Å². The van der Waals surface area contributed by atoms with E-state index in [0.29, 0.717) is 29.9 Å². The quantitative estimate of drug-likeness (QED) is 0.732. The molecule has 1 aliphatic carbocycles. The Balaban J connectivity index is 2.18. The standard InChI is InChI=1S/C15H21NO3/c1-4-7-19-15-13(17-2)8-11(9-14(15)18-3)10-16-12-5-6-12/h4,8-9,12,16H,1,5-7,10H2,2-3H3. The molecule has 104 valence electrons. The molecular weight excluding hydrogens is 242 g/mol. The van der Waals surface area contributed by atoms with Crippen LogP contribution in [0.15, 0.2) is 24.8 Å². The van der Waals surface area contributed by atoms with Crippen molar-refractivity contribution in [3.8, 4) is 17.2 Å². The first-order chi connectivity index (χ1) is 9.28. The third-order valence-corrected chi connectivity index (χ3v) is 3.04. The normalized spacial score (nSPS) is 14.0. The van der Waals surface area contributed by atoms with E-state index in [9.17, 15) is 0 Å². The third kappa shape index (κ3) is 3.64. The highest BCUT2D eigenvalue weighted by Gasteiger charge is 2.21. The molecule has 0 saturated heterocycles. The lowest BCUT2D eigenvalue weighted by atomic mass is 10.1. The molecule has 0 aromatic heterocycles. The maximum absolute atomic E-state index is 5.60. The summed E-state index contributed by atoms with van der Waals surface area (Å²) in [4.78, 5) is 0. The molecule has 0 bridgehead atoms. The molecule has 19 heavy (non-hydrogen) atoms. The number of rotatable bonds is 8. The van der Waals surface area contributed by atoms with Gasteiger partial charge in [0.1, 0.15) is 6.61 Å². The molecule has 1 N–H and O–H groups in total. The smallest absolute Gasteiger partial charge is 0.203 e. The van der Waals surface area contributed by atoms with Crippen LogP contribution < -0.4 is 19.5 Å². The highest BCUT2D eigenvalue weighted by Crippen LogP contribution is 2.38. The van der Waals surface area contributed by atoms with E-state index in [1.54, 1.807) is 20.3 Å². The Hall–Kier alpha value is -1.68. The van der Waals surface area contributed by atoms with E-state index in [1.165, 1.54) is 12.8 Å². The van der Waals surface area contributed by atoms with E-state index >= 15 is 0 Å². The van der Waals surface area contributed by atoms with Crippen LogP contribution in [0.25, 0.3) is 0 Å². The van der Waals surface area contributed by atoms with Crippen LogP contribution in [0.1, 0.15) is 18.4 Å². The van der Waals surface area contributed by atoms with Crippen LogP contribution in [-0.2, 0) is 6.54 Å². The summed E-state index contributed by atoms with van der Waals surface area (Å²) in [6.45, 7) is 4.89. The molecule has 0 heterocycles. The minimum atomic E-state index is 0.423. The van der Waals surface area contributed by atoms with Gasteiger partial charge in [-0.25, -0.2) is 0 Å². The molecule has 1 fully saturated rings. The predicted molar refractivity (Wildman–Crippen MR) is 75.1 cm³/mol. The number of benzene rings is 1. The zero-order valence-corrected chi connectivity index (χ0v) is 11.6. The highest BCUT2D eigenvalue weighted by atomic mass is 16.5. The van der Waals surface area contributed by atoms with E-state index in [-0.39, 0.29) is 0 Å². The van der Waals surface area contributed by atoms with Gasteiger partial charge in [-0.05, 0) is 30.5 Å². The Morgan fingerprint density at radius 2 is 1.89 bits per heavy atom. The lowest BCUT2D eigenvalue weighted by Crippen LogP contribution is -2.15. The van der Waals surface area contributed by atoms with Crippen LogP contribution in [0.3, 0.4) is 0 Å². The SMILES string of the molecule is C=CCOc1c(OC)cc(CNC2CC2)cc1OC. The van der Waals surface area contributed by atoms with Crippen LogP contribution in [0.4, 0.5) is 0 Å². The summed E-state index contributed by atoms with van der Waals surface area (Å²) >= 11 is 0. The van der Waals surface area contributed by atoms with Crippen LogP contribution in [-0.4, -0.2) is 26.9 Å². The molecule has 4 heteroatoms. The van der Waals surface area contributed by atoms with Gasteiger partial charge in [0.2, 0.25) is 5.75 Å². The van der Waals surface area contributed by atoms with Crippen LogP contribution in [0.5, 0.6) is 17.2 Å². The summed E-state index contributed by atoms with van der Waals surface area (Å²) in [5.74, 6) is 2.00. The third-order valence-electron chi connectivity index (χ3n) is 3.04. The fraction of sp³-hybridized carbons (Fsp3) is 0.467. The maximum Gasteiger partial charge on any atom is 0.203 e. The summed E-state index contributed by atoms with van der Waals surface area (Å²) in [7, 11) is 3.27. The van der Waals surface area contributed by atoms with Gasteiger partial charge in [0.15, 0.2) is 11.5 Å². The van der Waals surface area contributed by atoms with Crippen LogP contribution in [0.2, 0.25) is 0 Å². The topological polar surface area (TPSA) is 39.7 Å². The molecule has 0 aliphatic heterocycles. The number of ether oxygens (including phenoxy) is 3. The van der Waals surface area contributed by atoms with Crippen molar-refractivity contribution in [3.05, 3.63) is 30.4 Å². The lowest BCUT2D eigenvalue weighted by Gasteiger charge is -2.15. The van der Waals surface area contributed by atoms with Gasteiger partial charge in [0.05, 0.1) is 14.2 Å². The summed E-state index contributed by atoms with van der Waals surface area (Å²) in [6, 6.07) is 4.64. The molecule has 2 rings (SSSR count). The first kappa shape index (κ1) is 13.7. The molecular formula is C15H21NO3. The number of hydrogen-bond donors (Lipinski definition) is 1. The maximum atomic E-state index is 5.60. The van der Waals surface area contributed by atoms with Crippen molar-refractivity contribution in [2.24, 2.45) is 0 Å². The lowest BCUT2D eigenvalue weighted by molar-refractivity contribution is 0.300. The average Bonchev–Trinajstić information content (AvgIpc) is 3.26. The highest BCUT2D eigenvalue weighted by molar-refractivity contribution is 5.54. The van der Waals surface area contributed by atoms with Gasteiger partial charge in [-0.2, -0.15) is 0 Å². The van der Waals surface area contributed by atoms with Crippen molar-refractivity contribution in [1.29, 1.82) is 0 Å². The van der Waals surface area contributed by atoms with Crippen molar-refractivity contribution in [2.45, 2.75) is 25.4 Å². The van der Waals surface area contributed by atoms with Gasteiger partial charge in [0, 0.05) is 12.6 Å². The average molecular weight is 263 g/mol. The second-order valence-electron chi connectivity index (χ2n) is 4.58. The van der Waals surface area contributed by atoms with Crippen molar-refractivity contribution < 1.29 is 14.2 Å². The largest absolute Gasteiger partial charge is 0.493 e. The Morgan fingerprint density at radius 1 is 1.26 bits per heavy atom. The van der Waals surface area contributed by atoms with Gasteiger partial charge >= 0.3 is 0 Å². The molecule has 4 nitrogen and oxygen atoms in total. The van der Waals surface area contributed by atoms with Gasteiger partial charge in [-0.1, -0.05) is 12.7 Å². The zero-order valence-electron chi connectivity index (χ0n) is 11.6. The van der Waals surface area contributed by atoms with E-state index in [4.69, 9.17) is 14.2 Å². The van der Waals surface area contributed by atoms with Crippen molar-refractivity contribution in [3.63, 3.8) is 0 Å². The van der Waals surface area contributed by atoms with Crippen molar-refractivity contribution in [1.82, 2.24) is 5.32 Å². The Labute approximate surface area is 114 Å². The van der Waals surface area contributed by atoms with Crippen molar-refractivity contribution >= 4 is 0 Å². The van der Waals surface area contributed by atoms with Crippen molar-refractivity contribution in [2.75, 3.05) is 20.8 Å². The minimum Gasteiger partial charge on any atom is -0.493 e. The second kappa shape index (κ2) is 6.48.